The molecule has 0 bridgehead atoms. The fourth-order valence-electron chi connectivity index (χ4n) is 2.05. The lowest BCUT2D eigenvalue weighted by molar-refractivity contribution is -0.127. The van der Waals surface area contributed by atoms with Gasteiger partial charge in [0.1, 0.15) is 0 Å². The molecular formula is C15H21N5O2S. The van der Waals surface area contributed by atoms with E-state index in [1.165, 1.54) is 11.8 Å². The van der Waals surface area contributed by atoms with Gasteiger partial charge in [-0.05, 0) is 19.1 Å². The number of nitrogens with zero attached hydrogens (tertiary/aromatic N) is 5. The van der Waals surface area contributed by atoms with Gasteiger partial charge < -0.3 is 9.64 Å². The Balaban J connectivity index is 2.29. The fourth-order valence-corrected chi connectivity index (χ4v) is 3.07. The number of thioether (sulfide) groups is 1. The van der Waals surface area contributed by atoms with Crippen LogP contribution in [0.25, 0.3) is 11.4 Å². The smallest absolute Gasteiger partial charge is 0.235 e. The van der Waals surface area contributed by atoms with Crippen molar-refractivity contribution in [1.82, 2.24) is 24.6 Å². The van der Waals surface area contributed by atoms with Crippen molar-refractivity contribution in [2.75, 3.05) is 27.8 Å². The maximum atomic E-state index is 12.1. The molecule has 7 nitrogen and oxygen atoms in total. The zero-order valence-corrected chi connectivity index (χ0v) is 14.6. The van der Waals surface area contributed by atoms with E-state index in [1.807, 2.05) is 23.6 Å². The number of amides is 1. The Kier molecular flexibility index (Phi) is 6.12. The predicted molar refractivity (Wildman–Crippen MR) is 89.1 cm³/mol. The van der Waals surface area contributed by atoms with Crippen LogP contribution in [-0.2, 0) is 16.1 Å². The lowest BCUT2D eigenvalue weighted by Gasteiger charge is -2.16. The lowest BCUT2D eigenvalue weighted by atomic mass is 10.2. The number of methoxy groups -OCH3 is 1. The maximum Gasteiger partial charge on any atom is 0.235 e. The third-order valence-electron chi connectivity index (χ3n) is 3.25. The van der Waals surface area contributed by atoms with E-state index in [4.69, 9.17) is 4.74 Å². The fraction of sp³-hybridized carbons (Fsp3) is 0.467. The SMILES string of the molecule is COCCn1c(S[C@H](C)C(=O)N(C)C)nnc1-c1ccncc1. The monoisotopic (exact) mass is 335 g/mol. The van der Waals surface area contributed by atoms with Crippen LogP contribution in [0.4, 0.5) is 0 Å². The molecule has 0 saturated heterocycles. The second-order valence-corrected chi connectivity index (χ2v) is 6.49. The molecule has 0 N–H and O–H groups in total. The molecule has 23 heavy (non-hydrogen) atoms. The molecule has 0 radical (unpaired) electrons. The number of carbonyl (C=O) groups is 1. The molecule has 0 aromatic carbocycles. The van der Waals surface area contributed by atoms with Gasteiger partial charge in [0.15, 0.2) is 11.0 Å². The molecule has 0 aliphatic heterocycles. The van der Waals surface area contributed by atoms with Gasteiger partial charge >= 0.3 is 0 Å². The van der Waals surface area contributed by atoms with Crippen molar-refractivity contribution in [1.29, 1.82) is 0 Å². The number of hydrogen-bond acceptors (Lipinski definition) is 6. The number of hydrogen-bond donors (Lipinski definition) is 0. The molecule has 0 fully saturated rings. The van der Waals surface area contributed by atoms with E-state index in [2.05, 4.69) is 15.2 Å². The first kappa shape index (κ1) is 17.4. The minimum atomic E-state index is -0.235. The van der Waals surface area contributed by atoms with Crippen molar-refractivity contribution < 1.29 is 9.53 Å². The van der Waals surface area contributed by atoms with E-state index < -0.39 is 0 Å². The van der Waals surface area contributed by atoms with Crippen LogP contribution in [-0.4, -0.2) is 63.6 Å². The second-order valence-electron chi connectivity index (χ2n) is 5.18. The van der Waals surface area contributed by atoms with Gasteiger partial charge in [0, 0.05) is 39.2 Å². The van der Waals surface area contributed by atoms with Gasteiger partial charge in [-0.25, -0.2) is 0 Å². The summed E-state index contributed by atoms with van der Waals surface area (Å²) < 4.78 is 7.15. The molecule has 2 aromatic rings. The lowest BCUT2D eigenvalue weighted by Crippen LogP contribution is -2.29. The third kappa shape index (κ3) is 4.29. The molecule has 1 amide bonds. The standard InChI is InChI=1S/C15H21N5O2S/c1-11(14(21)19(2)3)23-15-18-17-13(20(15)9-10-22-4)12-5-7-16-8-6-12/h5-8,11H,9-10H2,1-4H3/t11-/m1/s1. The van der Waals surface area contributed by atoms with Gasteiger partial charge in [-0.2, -0.15) is 0 Å². The van der Waals surface area contributed by atoms with E-state index >= 15 is 0 Å². The first-order chi connectivity index (χ1) is 11.0. The predicted octanol–water partition coefficient (Wildman–Crippen LogP) is 1.56. The summed E-state index contributed by atoms with van der Waals surface area (Å²) in [6.45, 7) is 3.03. The summed E-state index contributed by atoms with van der Waals surface area (Å²) in [6, 6.07) is 3.77. The normalized spacial score (nSPS) is 12.2. The number of carbonyl (C=O) groups excluding carboxylic acids is 1. The summed E-state index contributed by atoms with van der Waals surface area (Å²) in [5.74, 6) is 0.790. The highest BCUT2D eigenvalue weighted by Gasteiger charge is 2.21. The van der Waals surface area contributed by atoms with Crippen LogP contribution < -0.4 is 0 Å². The first-order valence-corrected chi connectivity index (χ1v) is 8.13. The molecule has 2 aromatic heterocycles. The van der Waals surface area contributed by atoms with E-state index in [0.717, 1.165) is 11.4 Å². The molecule has 8 heteroatoms. The minimum absolute atomic E-state index is 0.0433. The molecule has 0 spiro atoms. The van der Waals surface area contributed by atoms with E-state index in [1.54, 1.807) is 38.5 Å². The molecule has 0 unspecified atom stereocenters. The Bertz CT molecular complexity index is 645. The Morgan fingerprint density at radius 2 is 2.04 bits per heavy atom. The number of rotatable bonds is 7. The molecule has 0 aliphatic carbocycles. The summed E-state index contributed by atoms with van der Waals surface area (Å²) >= 11 is 1.40. The highest BCUT2D eigenvalue weighted by atomic mass is 32.2. The van der Waals surface area contributed by atoms with Crippen molar-refractivity contribution in [2.45, 2.75) is 23.9 Å². The average Bonchev–Trinajstić information content (AvgIpc) is 2.95. The van der Waals surface area contributed by atoms with Crippen LogP contribution >= 0.6 is 11.8 Å². The van der Waals surface area contributed by atoms with Crippen LogP contribution in [0.15, 0.2) is 29.7 Å². The van der Waals surface area contributed by atoms with E-state index in [0.29, 0.717) is 18.3 Å². The largest absolute Gasteiger partial charge is 0.383 e. The van der Waals surface area contributed by atoms with Crippen LogP contribution in [0.5, 0.6) is 0 Å². The Morgan fingerprint density at radius 1 is 1.35 bits per heavy atom. The number of aromatic nitrogens is 4. The summed E-state index contributed by atoms with van der Waals surface area (Å²) in [4.78, 5) is 17.7. The maximum absolute atomic E-state index is 12.1. The summed E-state index contributed by atoms with van der Waals surface area (Å²) in [7, 11) is 5.15. The first-order valence-electron chi connectivity index (χ1n) is 7.25. The van der Waals surface area contributed by atoms with Gasteiger partial charge in [0.2, 0.25) is 5.91 Å². The van der Waals surface area contributed by atoms with E-state index in [9.17, 15) is 4.79 Å². The summed E-state index contributed by atoms with van der Waals surface area (Å²) in [5.41, 5.74) is 0.932. The van der Waals surface area contributed by atoms with Crippen LogP contribution in [0.1, 0.15) is 6.92 Å². The third-order valence-corrected chi connectivity index (χ3v) is 4.31. The minimum Gasteiger partial charge on any atom is -0.383 e. The Labute approximate surface area is 140 Å². The number of pyridine rings is 1. The Hall–Kier alpha value is -1.93. The Morgan fingerprint density at radius 3 is 2.65 bits per heavy atom. The summed E-state index contributed by atoms with van der Waals surface area (Å²) in [6.07, 6.45) is 3.44. The van der Waals surface area contributed by atoms with E-state index in [-0.39, 0.29) is 11.2 Å². The quantitative estimate of drug-likeness (QED) is 0.715. The van der Waals surface area contributed by atoms with Gasteiger partial charge in [-0.15, -0.1) is 10.2 Å². The number of ether oxygens (including phenoxy) is 1. The molecule has 1 atom stereocenters. The van der Waals surface area contributed by atoms with Crippen molar-refractivity contribution >= 4 is 17.7 Å². The van der Waals surface area contributed by atoms with Crippen LogP contribution in [0.2, 0.25) is 0 Å². The van der Waals surface area contributed by atoms with Crippen molar-refractivity contribution in [3.8, 4) is 11.4 Å². The molecule has 2 rings (SSSR count). The van der Waals surface area contributed by atoms with Crippen LogP contribution in [0.3, 0.4) is 0 Å². The highest BCUT2D eigenvalue weighted by molar-refractivity contribution is 8.00. The van der Waals surface area contributed by atoms with Gasteiger partial charge in [0.25, 0.3) is 0 Å². The highest BCUT2D eigenvalue weighted by Crippen LogP contribution is 2.27. The van der Waals surface area contributed by atoms with Gasteiger partial charge in [0.05, 0.1) is 18.4 Å². The zero-order valence-electron chi connectivity index (χ0n) is 13.8. The van der Waals surface area contributed by atoms with Gasteiger partial charge in [-0.3, -0.25) is 14.3 Å². The molecule has 124 valence electrons. The van der Waals surface area contributed by atoms with Gasteiger partial charge in [-0.1, -0.05) is 11.8 Å². The molecule has 0 saturated carbocycles. The zero-order chi connectivity index (χ0) is 16.8. The van der Waals surface area contributed by atoms with Crippen molar-refractivity contribution in [3.05, 3.63) is 24.5 Å². The average molecular weight is 335 g/mol. The molecule has 0 aliphatic rings. The van der Waals surface area contributed by atoms with Crippen molar-refractivity contribution in [2.24, 2.45) is 0 Å². The topological polar surface area (TPSA) is 73.1 Å². The molecule has 2 heterocycles. The second kappa shape index (κ2) is 8.07. The molecular weight excluding hydrogens is 314 g/mol. The van der Waals surface area contributed by atoms with Crippen molar-refractivity contribution in [3.63, 3.8) is 0 Å². The summed E-state index contributed by atoms with van der Waals surface area (Å²) in [5, 5.41) is 9.01. The van der Waals surface area contributed by atoms with Crippen LogP contribution in [0, 0.1) is 0 Å².